The summed E-state index contributed by atoms with van der Waals surface area (Å²) in [6, 6.07) is 13.6. The van der Waals surface area contributed by atoms with Gasteiger partial charge in [-0.25, -0.2) is 0 Å². The Balaban J connectivity index is 1.57. The Morgan fingerprint density at radius 2 is 1.61 bits per heavy atom. The average molecular weight is 498 g/mol. The normalized spacial score (nSPS) is 16.9. The van der Waals surface area contributed by atoms with Crippen LogP contribution in [0.1, 0.15) is 25.0 Å². The molecule has 182 valence electrons. The lowest BCUT2D eigenvalue weighted by Crippen LogP contribution is -2.42. The van der Waals surface area contributed by atoms with Crippen LogP contribution in [0.4, 0.5) is 0 Å². The zero-order valence-electron chi connectivity index (χ0n) is 19.2. The molecule has 0 unspecified atom stereocenters. The number of halogens is 2. The first kappa shape index (κ1) is 26.1. The first-order chi connectivity index (χ1) is 15.8. The highest BCUT2D eigenvalue weighted by molar-refractivity contribution is 6.32. The molecule has 2 N–H and O–H groups in total. The highest BCUT2D eigenvalue weighted by Crippen LogP contribution is 2.36. The number of alkyl halides is 1. The number of nitrogens with zero attached hydrogens (tertiary/aromatic N) is 1. The van der Waals surface area contributed by atoms with E-state index in [0.717, 1.165) is 30.0 Å². The molecule has 1 aliphatic rings. The van der Waals surface area contributed by atoms with E-state index in [2.05, 4.69) is 18.7 Å². The van der Waals surface area contributed by atoms with Gasteiger partial charge in [0.05, 0.1) is 24.1 Å². The molecule has 2 aromatic carbocycles. The van der Waals surface area contributed by atoms with Gasteiger partial charge >= 0.3 is 0 Å². The predicted octanol–water partition coefficient (Wildman–Crippen LogP) is 3.72. The topological polar surface area (TPSA) is 71.4 Å². The number of hydrogen-bond acceptors (Lipinski definition) is 6. The molecule has 0 saturated carbocycles. The Kier molecular flexibility index (Phi) is 9.68. The van der Waals surface area contributed by atoms with Crippen LogP contribution in [-0.2, 0) is 10.2 Å². The molecule has 1 heterocycles. The molecule has 1 saturated heterocycles. The maximum atomic E-state index is 10.3. The van der Waals surface area contributed by atoms with E-state index in [-0.39, 0.29) is 24.5 Å². The van der Waals surface area contributed by atoms with Crippen LogP contribution >= 0.6 is 23.2 Å². The van der Waals surface area contributed by atoms with E-state index in [9.17, 15) is 10.2 Å². The number of rotatable bonds is 11. The van der Waals surface area contributed by atoms with Crippen molar-refractivity contribution in [3.05, 3.63) is 58.6 Å². The van der Waals surface area contributed by atoms with Crippen molar-refractivity contribution < 1.29 is 24.4 Å². The van der Waals surface area contributed by atoms with Crippen molar-refractivity contribution in [1.29, 1.82) is 0 Å². The van der Waals surface area contributed by atoms with Crippen LogP contribution in [0.15, 0.2) is 42.5 Å². The SMILES string of the molecule is CC(C)(c1ccc(OC[C@H](O)CN2CCOCC2)cc1)c1ccc(OC[C@@H](O)CCl)c(Cl)c1. The first-order valence-electron chi connectivity index (χ1n) is 11.2. The second-order valence-corrected chi connectivity index (χ2v) is 9.51. The lowest BCUT2D eigenvalue weighted by molar-refractivity contribution is 0.00465. The lowest BCUT2D eigenvalue weighted by atomic mass is 9.78. The van der Waals surface area contributed by atoms with Gasteiger partial charge in [-0.15, -0.1) is 11.6 Å². The molecule has 0 spiro atoms. The quantitative estimate of drug-likeness (QED) is 0.461. The van der Waals surface area contributed by atoms with E-state index in [1.54, 1.807) is 0 Å². The van der Waals surface area contributed by atoms with E-state index in [4.69, 9.17) is 37.4 Å². The summed E-state index contributed by atoms with van der Waals surface area (Å²) in [5.74, 6) is 1.34. The van der Waals surface area contributed by atoms with Gasteiger partial charge in [0, 0.05) is 25.0 Å². The Morgan fingerprint density at radius 1 is 0.970 bits per heavy atom. The molecule has 0 aliphatic carbocycles. The summed E-state index contributed by atoms with van der Waals surface area (Å²) in [4.78, 5) is 2.19. The van der Waals surface area contributed by atoms with E-state index < -0.39 is 12.2 Å². The number of aliphatic hydroxyl groups is 2. The number of hydrogen-bond donors (Lipinski definition) is 2. The van der Waals surface area contributed by atoms with Gasteiger partial charge in [0.2, 0.25) is 0 Å². The molecule has 0 bridgehead atoms. The zero-order valence-corrected chi connectivity index (χ0v) is 20.7. The molecular formula is C25H33Cl2NO5. The summed E-state index contributed by atoms with van der Waals surface area (Å²) in [5, 5.41) is 20.3. The summed E-state index contributed by atoms with van der Waals surface area (Å²) in [7, 11) is 0. The smallest absolute Gasteiger partial charge is 0.138 e. The minimum Gasteiger partial charge on any atom is -0.491 e. The molecule has 0 aromatic heterocycles. The molecule has 2 atom stereocenters. The van der Waals surface area contributed by atoms with Crippen molar-refractivity contribution in [2.45, 2.75) is 31.5 Å². The Morgan fingerprint density at radius 3 is 2.24 bits per heavy atom. The van der Waals surface area contributed by atoms with Gasteiger partial charge in [0.15, 0.2) is 0 Å². The lowest BCUT2D eigenvalue weighted by Gasteiger charge is -2.28. The van der Waals surface area contributed by atoms with Crippen LogP contribution in [0, 0.1) is 0 Å². The van der Waals surface area contributed by atoms with Crippen LogP contribution in [0.3, 0.4) is 0 Å². The van der Waals surface area contributed by atoms with Crippen LogP contribution in [0.25, 0.3) is 0 Å². The summed E-state index contributed by atoms with van der Waals surface area (Å²) in [5.41, 5.74) is 1.84. The van der Waals surface area contributed by atoms with E-state index >= 15 is 0 Å². The van der Waals surface area contributed by atoms with Crippen molar-refractivity contribution in [3.63, 3.8) is 0 Å². The molecule has 8 heteroatoms. The largest absolute Gasteiger partial charge is 0.491 e. The third-order valence-corrected chi connectivity index (χ3v) is 6.51. The Hall–Kier alpha value is -1.54. The molecule has 0 amide bonds. The van der Waals surface area contributed by atoms with Gasteiger partial charge < -0.3 is 24.4 Å². The van der Waals surface area contributed by atoms with Crippen LogP contribution < -0.4 is 9.47 Å². The Bertz CT molecular complexity index is 872. The van der Waals surface area contributed by atoms with Crippen LogP contribution in [0.2, 0.25) is 5.02 Å². The van der Waals surface area contributed by atoms with E-state index in [1.807, 2.05) is 42.5 Å². The highest BCUT2D eigenvalue weighted by Gasteiger charge is 2.24. The number of benzene rings is 2. The van der Waals surface area contributed by atoms with Crippen molar-refractivity contribution in [2.24, 2.45) is 0 Å². The zero-order chi connectivity index (χ0) is 23.8. The minimum absolute atomic E-state index is 0.0918. The van der Waals surface area contributed by atoms with Gasteiger partial charge in [-0.3, -0.25) is 4.90 Å². The monoisotopic (exact) mass is 497 g/mol. The summed E-state index contributed by atoms with van der Waals surface area (Å²) in [6.45, 7) is 8.27. The fraction of sp³-hybridized carbons (Fsp3) is 0.520. The van der Waals surface area contributed by atoms with Gasteiger partial charge in [0.1, 0.15) is 36.9 Å². The molecular weight excluding hydrogens is 465 g/mol. The average Bonchev–Trinajstić information content (AvgIpc) is 2.82. The minimum atomic E-state index is -0.736. The van der Waals surface area contributed by atoms with E-state index in [0.29, 0.717) is 30.5 Å². The molecule has 3 rings (SSSR count). The van der Waals surface area contributed by atoms with Crippen LogP contribution in [0.5, 0.6) is 11.5 Å². The van der Waals surface area contributed by atoms with Crippen molar-refractivity contribution in [3.8, 4) is 11.5 Å². The highest BCUT2D eigenvalue weighted by atomic mass is 35.5. The van der Waals surface area contributed by atoms with Gasteiger partial charge in [-0.05, 0) is 35.4 Å². The maximum absolute atomic E-state index is 10.3. The van der Waals surface area contributed by atoms with Gasteiger partial charge in [0.25, 0.3) is 0 Å². The second kappa shape index (κ2) is 12.2. The molecule has 1 fully saturated rings. The molecule has 6 nitrogen and oxygen atoms in total. The maximum Gasteiger partial charge on any atom is 0.138 e. The van der Waals surface area contributed by atoms with Gasteiger partial charge in [-0.1, -0.05) is 43.6 Å². The number of aliphatic hydroxyl groups excluding tert-OH is 2. The fourth-order valence-electron chi connectivity index (χ4n) is 3.70. The third-order valence-electron chi connectivity index (χ3n) is 5.85. The second-order valence-electron chi connectivity index (χ2n) is 8.79. The molecule has 1 aliphatic heterocycles. The van der Waals surface area contributed by atoms with Crippen LogP contribution in [-0.4, -0.2) is 79.3 Å². The fourth-order valence-corrected chi connectivity index (χ4v) is 4.02. The predicted molar refractivity (Wildman–Crippen MR) is 131 cm³/mol. The standard InChI is InChI=1S/C25H33Cl2NO5/c1-25(2,19-5-8-24(23(27)13-19)33-16-20(29)14-26)18-3-6-22(7-4-18)32-17-21(30)15-28-9-11-31-12-10-28/h3-8,13,20-21,29-30H,9-12,14-17H2,1-2H3/t20-,21+/m0/s1. The summed E-state index contributed by atoms with van der Waals surface area (Å²) in [6.07, 6.45) is -1.28. The number of β-amino-alcohol motifs (C(OH)–C–C–N with tert-alkyl or cyclic N) is 1. The molecule has 33 heavy (non-hydrogen) atoms. The van der Waals surface area contributed by atoms with Crippen molar-refractivity contribution in [1.82, 2.24) is 4.90 Å². The molecule has 0 radical (unpaired) electrons. The molecule has 2 aromatic rings. The number of morpholine rings is 1. The van der Waals surface area contributed by atoms with Gasteiger partial charge in [-0.2, -0.15) is 0 Å². The number of ether oxygens (including phenoxy) is 3. The Labute approximate surface area is 206 Å². The van der Waals surface area contributed by atoms with Crippen molar-refractivity contribution >= 4 is 23.2 Å². The van der Waals surface area contributed by atoms with E-state index in [1.165, 1.54) is 0 Å². The third kappa shape index (κ3) is 7.47. The summed E-state index contributed by atoms with van der Waals surface area (Å²) < 4.78 is 16.7. The van der Waals surface area contributed by atoms with Crippen molar-refractivity contribution in [2.75, 3.05) is 51.9 Å². The first-order valence-corrected chi connectivity index (χ1v) is 12.1. The summed E-state index contributed by atoms with van der Waals surface area (Å²) >= 11 is 12.0.